The number of hydrogen-bond acceptors (Lipinski definition) is 2. The van der Waals surface area contributed by atoms with Crippen molar-refractivity contribution in [2.24, 2.45) is 0 Å². The Morgan fingerprint density at radius 1 is 1.35 bits per heavy atom. The van der Waals surface area contributed by atoms with E-state index in [1.807, 2.05) is 6.07 Å². The molecule has 0 saturated carbocycles. The van der Waals surface area contributed by atoms with Crippen molar-refractivity contribution in [1.82, 2.24) is 0 Å². The van der Waals surface area contributed by atoms with Gasteiger partial charge in [-0.1, -0.05) is 59.5 Å². The molecule has 0 radical (unpaired) electrons. The Morgan fingerprint density at radius 3 is 2.71 bits per heavy atom. The molecule has 0 fully saturated rings. The third-order valence-electron chi connectivity index (χ3n) is 2.42. The highest BCUT2D eigenvalue weighted by molar-refractivity contribution is 14.1. The van der Waals surface area contributed by atoms with Gasteiger partial charge in [-0.05, 0) is 24.8 Å². The van der Waals surface area contributed by atoms with Crippen LogP contribution in [0.3, 0.4) is 0 Å². The second kappa shape index (κ2) is 8.28. The first-order valence-electron chi connectivity index (χ1n) is 5.72. The van der Waals surface area contributed by atoms with Crippen LogP contribution in [0.25, 0.3) is 0 Å². The number of carbonyl (C=O) groups excluding carboxylic acids is 1. The maximum Gasteiger partial charge on any atom is 0.330 e. The van der Waals surface area contributed by atoms with Crippen LogP contribution in [0, 0.1) is 0 Å². The molecule has 2 nitrogen and oxygen atoms in total. The Morgan fingerprint density at radius 2 is 2.06 bits per heavy atom. The van der Waals surface area contributed by atoms with E-state index in [0.29, 0.717) is 10.5 Å². The van der Waals surface area contributed by atoms with Crippen molar-refractivity contribution < 1.29 is 9.53 Å². The summed E-state index contributed by atoms with van der Waals surface area (Å²) < 4.78 is 5.45. The number of rotatable bonds is 7. The highest BCUT2D eigenvalue weighted by Gasteiger charge is 2.06. The van der Waals surface area contributed by atoms with Gasteiger partial charge in [0.05, 0.1) is 6.61 Å². The van der Waals surface area contributed by atoms with Crippen LogP contribution in [0.4, 0.5) is 0 Å². The Balaban J connectivity index is 2.15. The normalized spacial score (nSPS) is 11.8. The van der Waals surface area contributed by atoms with E-state index >= 15 is 0 Å². The standard InChI is InChI=1S/C14H17IO2/c1-2-14(16)17-11-7-6-10-13(15)12-8-4-3-5-9-12/h2-5,8-9,13H,1,6-7,10-11H2. The molecule has 0 aliphatic carbocycles. The van der Waals surface area contributed by atoms with Gasteiger partial charge in [-0.15, -0.1) is 0 Å². The van der Waals surface area contributed by atoms with Crippen LogP contribution in [0.2, 0.25) is 0 Å². The molecule has 1 atom stereocenters. The van der Waals surface area contributed by atoms with Crippen LogP contribution in [-0.2, 0) is 9.53 Å². The van der Waals surface area contributed by atoms with Crippen LogP contribution < -0.4 is 0 Å². The molecule has 92 valence electrons. The first kappa shape index (κ1) is 14.2. The molecule has 0 bridgehead atoms. The summed E-state index contributed by atoms with van der Waals surface area (Å²) in [6.45, 7) is 3.84. The Bertz CT molecular complexity index is 348. The maximum atomic E-state index is 10.8. The molecule has 0 saturated heterocycles. The molecule has 1 unspecified atom stereocenters. The highest BCUT2D eigenvalue weighted by atomic mass is 127. The molecule has 0 aliphatic rings. The van der Waals surface area contributed by atoms with Crippen molar-refractivity contribution >= 4 is 28.6 Å². The van der Waals surface area contributed by atoms with E-state index < -0.39 is 0 Å². The van der Waals surface area contributed by atoms with E-state index in [4.69, 9.17) is 4.74 Å². The second-order valence-electron chi connectivity index (χ2n) is 3.75. The lowest BCUT2D eigenvalue weighted by molar-refractivity contribution is -0.137. The van der Waals surface area contributed by atoms with Crippen molar-refractivity contribution in [3.63, 3.8) is 0 Å². The number of unbranched alkanes of at least 4 members (excludes halogenated alkanes) is 1. The molecule has 1 aromatic carbocycles. The number of carbonyl (C=O) groups is 1. The largest absolute Gasteiger partial charge is 0.463 e. The average Bonchev–Trinajstić information content (AvgIpc) is 2.38. The molecule has 0 N–H and O–H groups in total. The van der Waals surface area contributed by atoms with Crippen LogP contribution in [-0.4, -0.2) is 12.6 Å². The van der Waals surface area contributed by atoms with E-state index in [1.54, 1.807) is 0 Å². The zero-order chi connectivity index (χ0) is 12.5. The summed E-state index contributed by atoms with van der Waals surface area (Å²) in [4.78, 5) is 10.8. The summed E-state index contributed by atoms with van der Waals surface area (Å²) in [6.07, 6.45) is 4.28. The van der Waals surface area contributed by atoms with Gasteiger partial charge in [-0.3, -0.25) is 0 Å². The monoisotopic (exact) mass is 344 g/mol. The quantitative estimate of drug-likeness (QED) is 0.245. The van der Waals surface area contributed by atoms with Gasteiger partial charge in [0.15, 0.2) is 0 Å². The van der Waals surface area contributed by atoms with Crippen molar-refractivity contribution in [1.29, 1.82) is 0 Å². The predicted octanol–water partition coefficient (Wildman–Crippen LogP) is 4.06. The predicted molar refractivity (Wildman–Crippen MR) is 78.2 cm³/mol. The first-order chi connectivity index (χ1) is 8.24. The van der Waals surface area contributed by atoms with Crippen LogP contribution >= 0.6 is 22.6 Å². The molecular weight excluding hydrogens is 327 g/mol. The summed E-state index contributed by atoms with van der Waals surface area (Å²) in [5.74, 6) is -0.334. The fourth-order valence-electron chi connectivity index (χ4n) is 1.49. The molecule has 0 aliphatic heterocycles. The van der Waals surface area contributed by atoms with Gasteiger partial charge in [-0.25, -0.2) is 4.79 Å². The van der Waals surface area contributed by atoms with Gasteiger partial charge >= 0.3 is 5.97 Å². The number of esters is 1. The van der Waals surface area contributed by atoms with E-state index in [0.717, 1.165) is 19.3 Å². The van der Waals surface area contributed by atoms with Gasteiger partial charge in [0.1, 0.15) is 0 Å². The minimum Gasteiger partial charge on any atom is -0.463 e. The number of ether oxygens (including phenoxy) is 1. The number of alkyl halides is 1. The molecule has 1 aromatic rings. The molecule has 3 heteroatoms. The van der Waals surface area contributed by atoms with Gasteiger partial charge in [0.25, 0.3) is 0 Å². The summed E-state index contributed by atoms with van der Waals surface area (Å²) in [7, 11) is 0. The fraction of sp³-hybridized carbons (Fsp3) is 0.357. The topological polar surface area (TPSA) is 26.3 Å². The molecular formula is C14H17IO2. The maximum absolute atomic E-state index is 10.8. The lowest BCUT2D eigenvalue weighted by atomic mass is 10.1. The third kappa shape index (κ3) is 5.86. The average molecular weight is 344 g/mol. The zero-order valence-electron chi connectivity index (χ0n) is 9.77. The third-order valence-corrected chi connectivity index (χ3v) is 3.77. The number of benzene rings is 1. The summed E-state index contributed by atoms with van der Waals surface area (Å²) in [5, 5.41) is 0. The number of hydrogen-bond donors (Lipinski definition) is 0. The first-order valence-corrected chi connectivity index (χ1v) is 6.97. The van der Waals surface area contributed by atoms with Crippen LogP contribution in [0.5, 0.6) is 0 Å². The van der Waals surface area contributed by atoms with Crippen molar-refractivity contribution in [3.8, 4) is 0 Å². The lowest BCUT2D eigenvalue weighted by Gasteiger charge is -2.09. The molecule has 0 heterocycles. The fourth-order valence-corrected chi connectivity index (χ4v) is 2.34. The van der Waals surface area contributed by atoms with E-state index in [2.05, 4.69) is 53.4 Å². The minimum absolute atomic E-state index is 0.334. The van der Waals surface area contributed by atoms with Gasteiger partial charge in [0.2, 0.25) is 0 Å². The molecule has 17 heavy (non-hydrogen) atoms. The van der Waals surface area contributed by atoms with Crippen molar-refractivity contribution in [2.75, 3.05) is 6.61 Å². The van der Waals surface area contributed by atoms with E-state index in [-0.39, 0.29) is 5.97 Å². The highest BCUT2D eigenvalue weighted by Crippen LogP contribution is 2.28. The van der Waals surface area contributed by atoms with Crippen LogP contribution in [0.1, 0.15) is 28.8 Å². The molecule has 0 aromatic heterocycles. The van der Waals surface area contributed by atoms with Gasteiger partial charge < -0.3 is 4.74 Å². The van der Waals surface area contributed by atoms with Crippen LogP contribution in [0.15, 0.2) is 43.0 Å². The van der Waals surface area contributed by atoms with Crippen molar-refractivity contribution in [2.45, 2.75) is 23.2 Å². The van der Waals surface area contributed by atoms with Gasteiger partial charge in [0, 0.05) is 10.0 Å². The second-order valence-corrected chi connectivity index (χ2v) is 5.25. The van der Waals surface area contributed by atoms with Gasteiger partial charge in [-0.2, -0.15) is 0 Å². The Hall–Kier alpha value is -0.840. The summed E-state index contributed by atoms with van der Waals surface area (Å²) >= 11 is 2.46. The smallest absolute Gasteiger partial charge is 0.330 e. The summed E-state index contributed by atoms with van der Waals surface area (Å²) in [5.41, 5.74) is 1.36. The lowest BCUT2D eigenvalue weighted by Crippen LogP contribution is -2.02. The van der Waals surface area contributed by atoms with E-state index in [9.17, 15) is 4.79 Å². The molecule has 0 amide bonds. The summed E-state index contributed by atoms with van der Waals surface area (Å²) in [6, 6.07) is 10.4. The molecule has 0 spiro atoms. The van der Waals surface area contributed by atoms with E-state index in [1.165, 1.54) is 11.6 Å². The van der Waals surface area contributed by atoms with Crippen molar-refractivity contribution in [3.05, 3.63) is 48.6 Å². The number of halogens is 1. The Labute approximate surface area is 116 Å². The SMILES string of the molecule is C=CC(=O)OCCCCC(I)c1ccccc1. The minimum atomic E-state index is -0.334. The Kier molecular flexibility index (Phi) is 6.93. The molecule has 1 rings (SSSR count). The zero-order valence-corrected chi connectivity index (χ0v) is 11.9.